The van der Waals surface area contributed by atoms with Crippen LogP contribution in [0.4, 0.5) is 17.1 Å². The number of anilines is 3. The molecule has 0 atom stereocenters. The van der Waals surface area contributed by atoms with E-state index in [-0.39, 0.29) is 0 Å². The Morgan fingerprint density at radius 3 is 1.01 bits per heavy atom. The number of hydrogen-bond donors (Lipinski definition) is 0. The average molecular weight is 1820 g/mol. The van der Waals surface area contributed by atoms with Gasteiger partial charge < -0.3 is 36.4 Å². The van der Waals surface area contributed by atoms with Gasteiger partial charge in [0.15, 0.2) is 0 Å². The number of para-hydroxylation sites is 10. The molecule has 0 N–H and O–H groups in total. The molecular weight excluding hydrogens is 1740 g/mol. The van der Waals surface area contributed by atoms with Crippen molar-refractivity contribution in [3.63, 3.8) is 0 Å². The molecule has 31 aromatic rings. The van der Waals surface area contributed by atoms with Crippen molar-refractivity contribution in [1.82, 2.24) is 18.3 Å². The zero-order valence-corrected chi connectivity index (χ0v) is 77.0. The summed E-state index contributed by atoms with van der Waals surface area (Å²) >= 11 is 1.88. The molecule has 658 valence electrons. The summed E-state index contributed by atoms with van der Waals surface area (Å²) in [4.78, 5) is 2.30. The highest BCUT2D eigenvalue weighted by molar-refractivity contribution is 7.26. The Balaban J connectivity index is 0.000000102. The first-order chi connectivity index (χ1) is 69.9. The van der Waals surface area contributed by atoms with E-state index in [2.05, 4.69) is 503 Å². The van der Waals surface area contributed by atoms with E-state index in [1.807, 2.05) is 23.5 Å². The van der Waals surface area contributed by atoms with E-state index in [4.69, 9.17) is 13.3 Å². The van der Waals surface area contributed by atoms with Gasteiger partial charge in [-0.15, -0.1) is 11.3 Å². The fourth-order valence-corrected chi connectivity index (χ4v) is 23.9. The molecule has 0 spiro atoms. The number of aromatic nitrogens is 4. The van der Waals surface area contributed by atoms with Gasteiger partial charge in [0.2, 0.25) is 0 Å². The summed E-state index contributed by atoms with van der Waals surface area (Å²) in [6.45, 7) is 0. The molecule has 8 nitrogen and oxygen atoms in total. The number of rotatable bonds is 10. The zero-order chi connectivity index (χ0) is 92.4. The molecule has 0 aliphatic rings. The molecule has 0 aliphatic heterocycles. The predicted molar refractivity (Wildman–Crippen MR) is 595 cm³/mol. The van der Waals surface area contributed by atoms with Crippen LogP contribution in [0.1, 0.15) is 0 Å². The monoisotopic (exact) mass is 1820 g/mol. The molecule has 0 bridgehead atoms. The van der Waals surface area contributed by atoms with Crippen LogP contribution in [0.5, 0.6) is 0 Å². The first-order valence-corrected chi connectivity index (χ1v) is 48.9. The number of nitrogens with zero attached hydrogens (tertiary/aromatic N) is 5. The minimum Gasteiger partial charge on any atom is -0.455 e. The predicted octanol–water partition coefficient (Wildman–Crippen LogP) is 37.4. The molecule has 0 unspecified atom stereocenters. The molecule has 0 amide bonds. The maximum atomic E-state index is 6.74. The van der Waals surface area contributed by atoms with Crippen LogP contribution in [-0.4, -0.2) is 18.3 Å². The second-order valence-corrected chi connectivity index (χ2v) is 37.9. The Labute approximate surface area is 811 Å². The van der Waals surface area contributed by atoms with E-state index >= 15 is 0 Å². The van der Waals surface area contributed by atoms with E-state index in [9.17, 15) is 0 Å². The van der Waals surface area contributed by atoms with Crippen molar-refractivity contribution < 1.29 is 13.3 Å². The van der Waals surface area contributed by atoms with Gasteiger partial charge in [-0.1, -0.05) is 255 Å². The minimum absolute atomic E-state index is 0.906. The van der Waals surface area contributed by atoms with Crippen molar-refractivity contribution in [2.75, 3.05) is 4.90 Å². The Hall–Kier alpha value is -18.5. The number of furan rings is 3. The third-order valence-electron chi connectivity index (χ3n) is 29.1. The maximum Gasteiger partial charge on any atom is 0.143 e. The molecule has 0 radical (unpaired) electrons. The van der Waals surface area contributed by atoms with Crippen molar-refractivity contribution in [2.24, 2.45) is 0 Å². The molecule has 23 aromatic carbocycles. The first kappa shape index (κ1) is 79.8. The van der Waals surface area contributed by atoms with Gasteiger partial charge >= 0.3 is 0 Å². The topological polar surface area (TPSA) is 62.4 Å². The highest BCUT2D eigenvalue weighted by atomic mass is 32.1. The largest absolute Gasteiger partial charge is 0.455 e. The fraction of sp³-hybridized carbons (Fsp3) is 0. The number of benzene rings is 23. The summed E-state index contributed by atoms with van der Waals surface area (Å²) in [5.74, 6) is 0. The first-order valence-electron chi connectivity index (χ1n) is 48.0. The summed E-state index contributed by atoms with van der Waals surface area (Å²) in [5.41, 5.74) is 26.7. The molecule has 0 saturated carbocycles. The van der Waals surface area contributed by atoms with Gasteiger partial charge in [-0.25, -0.2) is 0 Å². The normalized spacial score (nSPS) is 12.0. The zero-order valence-electron chi connectivity index (χ0n) is 76.1. The van der Waals surface area contributed by atoms with Gasteiger partial charge in [-0.3, -0.25) is 0 Å². The lowest BCUT2D eigenvalue weighted by Crippen LogP contribution is -2.09. The van der Waals surface area contributed by atoms with Crippen molar-refractivity contribution in [3.05, 3.63) is 492 Å². The maximum absolute atomic E-state index is 6.74. The van der Waals surface area contributed by atoms with E-state index in [1.54, 1.807) is 0 Å². The summed E-state index contributed by atoms with van der Waals surface area (Å²) in [7, 11) is 0. The number of thiophene rings is 1. The lowest BCUT2D eigenvalue weighted by atomic mass is 9.91. The van der Waals surface area contributed by atoms with Gasteiger partial charge in [-0.2, -0.15) is 0 Å². The van der Waals surface area contributed by atoms with E-state index in [0.717, 1.165) is 122 Å². The molecule has 9 heteroatoms. The highest BCUT2D eigenvalue weighted by Crippen LogP contribution is 2.52. The summed E-state index contributed by atoms with van der Waals surface area (Å²) in [6, 6.07) is 170. The van der Waals surface area contributed by atoms with Crippen LogP contribution >= 0.6 is 11.3 Å². The molecule has 0 saturated heterocycles. The van der Waals surface area contributed by atoms with Gasteiger partial charge in [0, 0.05) is 160 Å². The Morgan fingerprint density at radius 1 is 0.191 bits per heavy atom. The Kier molecular flexibility index (Phi) is 18.1. The van der Waals surface area contributed by atoms with Gasteiger partial charge in [0.1, 0.15) is 33.5 Å². The van der Waals surface area contributed by atoms with Crippen LogP contribution < -0.4 is 4.90 Å². The molecule has 0 fully saturated rings. The Bertz CT molecular complexity index is 10500. The lowest BCUT2D eigenvalue weighted by molar-refractivity contribution is 0.672. The fourth-order valence-electron chi connectivity index (χ4n) is 22.6. The second-order valence-electron chi connectivity index (χ2n) is 36.9. The third kappa shape index (κ3) is 12.8. The minimum atomic E-state index is 0.906. The van der Waals surface area contributed by atoms with Crippen LogP contribution in [0.15, 0.2) is 505 Å². The third-order valence-corrected chi connectivity index (χ3v) is 30.3. The molecule has 141 heavy (non-hydrogen) atoms. The smallest absolute Gasteiger partial charge is 0.143 e. The van der Waals surface area contributed by atoms with Crippen LogP contribution in [0.25, 0.3) is 261 Å². The van der Waals surface area contributed by atoms with Gasteiger partial charge in [-0.05, 0) is 295 Å². The van der Waals surface area contributed by atoms with Crippen LogP contribution in [-0.2, 0) is 0 Å². The van der Waals surface area contributed by atoms with Crippen molar-refractivity contribution in [2.45, 2.75) is 0 Å². The van der Waals surface area contributed by atoms with E-state index < -0.39 is 0 Å². The van der Waals surface area contributed by atoms with Crippen molar-refractivity contribution in [1.29, 1.82) is 0 Å². The quantitative estimate of drug-likeness (QED) is 0.128. The second kappa shape index (κ2) is 32.1. The summed E-state index contributed by atoms with van der Waals surface area (Å²) < 4.78 is 32.0. The average Bonchev–Trinajstić information content (AvgIpc) is 1.62. The van der Waals surface area contributed by atoms with Gasteiger partial charge in [0.25, 0.3) is 0 Å². The van der Waals surface area contributed by atoms with Crippen LogP contribution in [0.3, 0.4) is 0 Å². The molecular formula is C132H81N5O3S. The SMILES string of the molecule is c1ccc(-n2ccc3cc4cc(-c5ccc6c(c5)c5ccccc5n6-c5ccccc5)c5ccc6c7ccccc7oc6c5c4cc32)cc1.c1ccc(-n2ccc3cc4cc(-c5cccc6c5sc5ccccc56)c5ccc6c7ccccc7oc6c5c4cc32)cc1.c1ccc(N(c2ccccc2)c2ccc(-c3cc4cc5ccn(-c6ccccc6)c5cc4c4c3ccc3c5ccccc5oc34)cc2)cc1. The summed E-state index contributed by atoms with van der Waals surface area (Å²) in [6.07, 6.45) is 6.52. The van der Waals surface area contributed by atoms with Crippen molar-refractivity contribution >= 4 is 234 Å². The Morgan fingerprint density at radius 2 is 0.546 bits per heavy atom. The van der Waals surface area contributed by atoms with Crippen molar-refractivity contribution in [3.8, 4) is 56.1 Å². The molecule has 0 aliphatic carbocycles. The summed E-state index contributed by atoms with van der Waals surface area (Å²) in [5, 5.41) is 29.8. The number of fused-ring (bicyclic) bond motifs is 30. The van der Waals surface area contributed by atoms with Crippen LogP contribution in [0.2, 0.25) is 0 Å². The molecule has 8 heterocycles. The highest BCUT2D eigenvalue weighted by Gasteiger charge is 2.26. The molecule has 31 rings (SSSR count). The van der Waals surface area contributed by atoms with E-state index in [0.29, 0.717) is 0 Å². The standard InChI is InChI=1S/C46H28N2O.C46H30N2O.C40H23NOS/c1-3-11-32(12-4-1)47-24-23-30-25-31-27-38(36-20-21-37-35-16-8-10-18-44(35)49-46(37)45(36)39(31)28-43(30)47)29-19-22-42-40(26-29)34-15-7-9-17-41(34)48(42)33-13-5-2-6-14-33;1-4-12-34(13-5-1)47-27-26-32-28-33-29-41(31-20-22-37(23-21-31)48(35-14-6-2-7-15-35)36-16-8-3-9-17-36)39-24-25-40-38-18-10-11-19-44(38)49-46(40)45(39)42(33)30-43(32)47;1-2-9-26(10-3-1)41-20-19-24-21-25-22-34(32-14-8-13-31-28-12-5-7-16-37(28)43-40(31)32)29-17-18-30-27-11-4-6-15-36(27)42-39(30)38(29)33(25)23-35(24)41/h1-28H;1-30H;1-23H. The number of hydrogen-bond acceptors (Lipinski definition) is 5. The van der Waals surface area contributed by atoms with E-state index in [1.165, 1.54) is 156 Å². The molecule has 8 aromatic heterocycles. The lowest BCUT2D eigenvalue weighted by Gasteiger charge is -2.25. The van der Waals surface area contributed by atoms with Gasteiger partial charge in [0.05, 0.1) is 27.6 Å². The van der Waals surface area contributed by atoms with Crippen LogP contribution in [0, 0.1) is 0 Å².